The smallest absolute Gasteiger partial charge is 0.384 e. The molecule has 2 N–H and O–H groups in total. The lowest BCUT2D eigenvalue weighted by Gasteiger charge is -2.28. The van der Waals surface area contributed by atoms with E-state index in [4.69, 9.17) is 0 Å². The minimum absolute atomic E-state index is 0.261. The van der Waals surface area contributed by atoms with Crippen LogP contribution in [0.3, 0.4) is 0 Å². The van der Waals surface area contributed by atoms with Gasteiger partial charge < -0.3 is 10.4 Å². The van der Waals surface area contributed by atoms with E-state index >= 15 is 0 Å². The maximum absolute atomic E-state index is 12.8. The molecule has 0 radical (unpaired) electrons. The molecule has 1 amide bonds. The first kappa shape index (κ1) is 18.4. The predicted octanol–water partition coefficient (Wildman–Crippen LogP) is 3.64. The molecule has 1 aliphatic carbocycles. The van der Waals surface area contributed by atoms with Gasteiger partial charge in [0.1, 0.15) is 6.10 Å². The molecule has 1 aromatic carbocycles. The van der Waals surface area contributed by atoms with E-state index in [1.807, 2.05) is 0 Å². The van der Waals surface area contributed by atoms with Crippen LogP contribution in [0.1, 0.15) is 42.5 Å². The molecule has 2 aromatic rings. The molecule has 26 heavy (non-hydrogen) atoms. The van der Waals surface area contributed by atoms with E-state index in [0.717, 1.165) is 48.1 Å². The highest BCUT2D eigenvalue weighted by Crippen LogP contribution is 2.37. The molecular weight excluding hydrogens is 345 g/mol. The lowest BCUT2D eigenvalue weighted by atomic mass is 9.84. The number of rotatable bonds is 3. The van der Waals surface area contributed by atoms with Crippen molar-refractivity contribution in [3.63, 3.8) is 0 Å². The number of nitrogens with zero attached hydrogens (tertiary/aromatic N) is 1. The first-order valence-corrected chi connectivity index (χ1v) is 8.40. The fourth-order valence-electron chi connectivity index (χ4n) is 3.25. The molecule has 0 fully saturated rings. The number of nitrogens with one attached hydrogen (secondary N) is 1. The Kier molecular flexibility index (Phi) is 5.00. The number of halogens is 3. The number of pyridine rings is 1. The average molecular weight is 364 g/mol. The van der Waals surface area contributed by atoms with Crippen molar-refractivity contribution in [1.29, 1.82) is 0 Å². The zero-order valence-corrected chi connectivity index (χ0v) is 14.2. The summed E-state index contributed by atoms with van der Waals surface area (Å²) in [6, 6.07) is 4.74. The summed E-state index contributed by atoms with van der Waals surface area (Å²) < 4.78 is 38.3. The molecule has 1 aromatic heterocycles. The van der Waals surface area contributed by atoms with Crippen molar-refractivity contribution in [3.05, 3.63) is 53.3 Å². The number of alkyl halides is 3. The molecule has 0 saturated carbocycles. The Balaban J connectivity index is 1.95. The second-order valence-electron chi connectivity index (χ2n) is 6.46. The first-order valence-electron chi connectivity index (χ1n) is 8.40. The number of hydrogen-bond acceptors (Lipinski definition) is 3. The van der Waals surface area contributed by atoms with Gasteiger partial charge in [0, 0.05) is 18.0 Å². The van der Waals surface area contributed by atoms with E-state index in [2.05, 4.69) is 10.3 Å². The Labute approximate surface area is 149 Å². The summed E-state index contributed by atoms with van der Waals surface area (Å²) in [7, 11) is 0. The van der Waals surface area contributed by atoms with Crippen LogP contribution in [0.25, 0.3) is 11.1 Å². The van der Waals surface area contributed by atoms with Gasteiger partial charge in [0.05, 0.1) is 11.6 Å². The van der Waals surface area contributed by atoms with Crippen LogP contribution in [0.4, 0.5) is 13.2 Å². The Bertz CT molecular complexity index is 801. The third kappa shape index (κ3) is 3.72. The van der Waals surface area contributed by atoms with Gasteiger partial charge in [0.15, 0.2) is 0 Å². The highest BCUT2D eigenvalue weighted by atomic mass is 19.4. The number of aliphatic hydroxyl groups is 1. The highest BCUT2D eigenvalue weighted by Gasteiger charge is 2.30. The predicted molar refractivity (Wildman–Crippen MR) is 90.2 cm³/mol. The summed E-state index contributed by atoms with van der Waals surface area (Å²) in [6.07, 6.45) is 0.152. The lowest BCUT2D eigenvalue weighted by molar-refractivity contribution is -0.137. The summed E-state index contributed by atoms with van der Waals surface area (Å²) in [6.45, 7) is 1.40. The van der Waals surface area contributed by atoms with E-state index < -0.39 is 23.8 Å². The monoisotopic (exact) mass is 364 g/mol. The van der Waals surface area contributed by atoms with Gasteiger partial charge in [-0.3, -0.25) is 9.78 Å². The van der Waals surface area contributed by atoms with E-state index in [9.17, 15) is 23.1 Å². The van der Waals surface area contributed by atoms with Crippen molar-refractivity contribution in [2.75, 3.05) is 0 Å². The summed E-state index contributed by atoms with van der Waals surface area (Å²) in [4.78, 5) is 16.0. The molecule has 7 heteroatoms. The van der Waals surface area contributed by atoms with Crippen LogP contribution in [0.2, 0.25) is 0 Å². The van der Waals surface area contributed by atoms with E-state index in [0.29, 0.717) is 5.56 Å². The number of fused-ring (bicyclic) bond motifs is 1. The van der Waals surface area contributed by atoms with Crippen molar-refractivity contribution in [1.82, 2.24) is 10.3 Å². The number of carbonyl (C=O) groups is 1. The average Bonchev–Trinajstić information content (AvgIpc) is 2.61. The van der Waals surface area contributed by atoms with Crippen LogP contribution < -0.4 is 5.32 Å². The standard InChI is InChI=1S/C19H19F3N2O2/c1-11(25)18(26)24-17-4-2-3-14-15(9-23-10-16(14)17)12-5-7-13(8-6-12)19(20,21)22/h5-11,17,25H,2-4H2,1H3,(H,24,26). The highest BCUT2D eigenvalue weighted by molar-refractivity contribution is 5.80. The molecule has 3 rings (SSSR count). The second kappa shape index (κ2) is 7.07. The number of aromatic nitrogens is 1. The third-order valence-electron chi connectivity index (χ3n) is 4.60. The van der Waals surface area contributed by atoms with Crippen LogP contribution in [-0.2, 0) is 17.4 Å². The second-order valence-corrected chi connectivity index (χ2v) is 6.46. The van der Waals surface area contributed by atoms with Crippen LogP contribution in [-0.4, -0.2) is 22.1 Å². The number of benzene rings is 1. The van der Waals surface area contributed by atoms with Crippen LogP contribution in [0.5, 0.6) is 0 Å². The van der Waals surface area contributed by atoms with Gasteiger partial charge in [-0.15, -0.1) is 0 Å². The first-order chi connectivity index (χ1) is 12.3. The zero-order chi connectivity index (χ0) is 18.9. The summed E-state index contributed by atoms with van der Waals surface area (Å²) in [5.74, 6) is -0.456. The quantitative estimate of drug-likeness (QED) is 0.874. The van der Waals surface area contributed by atoms with Crippen LogP contribution in [0.15, 0.2) is 36.7 Å². The molecule has 0 spiro atoms. The number of hydrogen-bond donors (Lipinski definition) is 2. The van der Waals surface area contributed by atoms with Crippen molar-refractivity contribution in [2.45, 2.75) is 44.5 Å². The Morgan fingerprint density at radius 3 is 2.58 bits per heavy atom. The topological polar surface area (TPSA) is 62.2 Å². The van der Waals surface area contributed by atoms with Gasteiger partial charge in [0.2, 0.25) is 5.91 Å². The van der Waals surface area contributed by atoms with E-state index in [-0.39, 0.29) is 6.04 Å². The Hall–Kier alpha value is -2.41. The van der Waals surface area contributed by atoms with Crippen molar-refractivity contribution < 1.29 is 23.1 Å². The molecule has 0 saturated heterocycles. The molecule has 2 atom stereocenters. The van der Waals surface area contributed by atoms with Crippen molar-refractivity contribution in [3.8, 4) is 11.1 Å². The summed E-state index contributed by atoms with van der Waals surface area (Å²) >= 11 is 0. The number of amides is 1. The summed E-state index contributed by atoms with van der Waals surface area (Å²) in [5.41, 5.74) is 2.56. The van der Waals surface area contributed by atoms with Gasteiger partial charge in [-0.25, -0.2) is 0 Å². The fourth-order valence-corrected chi connectivity index (χ4v) is 3.25. The molecule has 138 valence electrons. The van der Waals surface area contributed by atoms with Gasteiger partial charge >= 0.3 is 6.18 Å². The molecule has 1 heterocycles. The van der Waals surface area contributed by atoms with Crippen LogP contribution >= 0.6 is 0 Å². The maximum Gasteiger partial charge on any atom is 0.416 e. The Morgan fingerprint density at radius 1 is 1.27 bits per heavy atom. The maximum atomic E-state index is 12.8. The number of carbonyl (C=O) groups excluding carboxylic acids is 1. The minimum atomic E-state index is -4.37. The fraction of sp³-hybridized carbons (Fsp3) is 0.368. The van der Waals surface area contributed by atoms with E-state index in [1.54, 1.807) is 12.4 Å². The molecule has 0 bridgehead atoms. The minimum Gasteiger partial charge on any atom is -0.384 e. The van der Waals surface area contributed by atoms with Gasteiger partial charge in [-0.05, 0) is 55.0 Å². The molecular formula is C19H19F3N2O2. The molecule has 1 aliphatic rings. The van der Waals surface area contributed by atoms with Crippen molar-refractivity contribution in [2.24, 2.45) is 0 Å². The van der Waals surface area contributed by atoms with Gasteiger partial charge in [-0.1, -0.05) is 12.1 Å². The normalized spacial score (nSPS) is 18.1. The largest absolute Gasteiger partial charge is 0.416 e. The molecule has 4 nitrogen and oxygen atoms in total. The van der Waals surface area contributed by atoms with Gasteiger partial charge in [0.25, 0.3) is 0 Å². The number of aliphatic hydroxyl groups excluding tert-OH is 1. The lowest BCUT2D eigenvalue weighted by Crippen LogP contribution is -2.37. The summed E-state index contributed by atoms with van der Waals surface area (Å²) in [5, 5.41) is 12.2. The third-order valence-corrected chi connectivity index (χ3v) is 4.60. The Morgan fingerprint density at radius 2 is 1.96 bits per heavy atom. The van der Waals surface area contributed by atoms with E-state index in [1.165, 1.54) is 19.1 Å². The molecule has 0 aliphatic heterocycles. The van der Waals surface area contributed by atoms with Crippen molar-refractivity contribution >= 4 is 5.91 Å². The SMILES string of the molecule is CC(O)C(=O)NC1CCCc2c(-c3ccc(C(F)(F)F)cc3)cncc21. The molecule has 2 unspecified atom stereocenters. The van der Waals surface area contributed by atoms with Gasteiger partial charge in [-0.2, -0.15) is 13.2 Å². The zero-order valence-electron chi connectivity index (χ0n) is 14.2. The van der Waals surface area contributed by atoms with Crippen LogP contribution in [0, 0.1) is 0 Å².